The lowest BCUT2D eigenvalue weighted by atomic mass is 9.98. The molecule has 3 rings (SSSR count). The minimum atomic E-state index is -0.0450. The van der Waals surface area contributed by atoms with Gasteiger partial charge in [-0.2, -0.15) is 0 Å². The Morgan fingerprint density at radius 3 is 2.50 bits per heavy atom. The summed E-state index contributed by atoms with van der Waals surface area (Å²) in [4.78, 5) is 16.6. The highest BCUT2D eigenvalue weighted by molar-refractivity contribution is 5.99. The number of aromatic nitrogens is 1. The topological polar surface area (TPSA) is 68.7 Å². The summed E-state index contributed by atoms with van der Waals surface area (Å²) in [6, 6.07) is 17.2. The number of aromatic hydroxyl groups is 1. The van der Waals surface area contributed by atoms with E-state index in [0.29, 0.717) is 36.5 Å². The number of carbonyl (C=O) groups is 1. The number of phenols is 1. The summed E-state index contributed by atoms with van der Waals surface area (Å²) >= 11 is 0. The zero-order valence-electron chi connectivity index (χ0n) is 19.0. The van der Waals surface area contributed by atoms with Gasteiger partial charge in [0.05, 0.1) is 24.5 Å². The smallest absolute Gasteiger partial charge is 0.166 e. The lowest BCUT2D eigenvalue weighted by Crippen LogP contribution is -2.06. The fraction of sp³-hybridized carbons (Fsp3) is 0.333. The molecular formula is C27H31NO4. The molecule has 0 aliphatic carbocycles. The summed E-state index contributed by atoms with van der Waals surface area (Å²) in [6.07, 6.45) is 3.84. The lowest BCUT2D eigenvalue weighted by molar-refractivity contribution is 0.0965. The molecule has 0 saturated heterocycles. The highest BCUT2D eigenvalue weighted by Gasteiger charge is 2.17. The molecule has 0 amide bonds. The Morgan fingerprint density at radius 2 is 1.78 bits per heavy atom. The molecule has 0 bridgehead atoms. The molecule has 0 aliphatic heterocycles. The zero-order chi connectivity index (χ0) is 22.9. The molecule has 1 N–H and O–H groups in total. The number of pyridine rings is 1. The van der Waals surface area contributed by atoms with Crippen molar-refractivity contribution in [2.75, 3.05) is 13.2 Å². The van der Waals surface area contributed by atoms with Gasteiger partial charge in [0.25, 0.3) is 0 Å². The number of ketones is 1. The average Bonchev–Trinajstić information content (AvgIpc) is 2.79. The Kier molecular flexibility index (Phi) is 8.26. The number of Topliss-reactive ketones (excluding diaryl/α,β-unsaturated/α-hetero) is 1. The first-order valence-electron chi connectivity index (χ1n) is 11.1. The molecule has 0 aliphatic rings. The van der Waals surface area contributed by atoms with Crippen molar-refractivity contribution < 1.29 is 19.4 Å². The van der Waals surface area contributed by atoms with Gasteiger partial charge >= 0.3 is 0 Å². The van der Waals surface area contributed by atoms with Crippen LogP contribution in [0.1, 0.15) is 49.0 Å². The van der Waals surface area contributed by atoms with Gasteiger partial charge in [0.1, 0.15) is 17.2 Å². The number of unbranched alkanes of at least 4 members (excludes halogenated alkanes) is 1. The van der Waals surface area contributed by atoms with Gasteiger partial charge in [-0.05, 0) is 62.1 Å². The Bertz CT molecular complexity index is 1030. The van der Waals surface area contributed by atoms with Crippen LogP contribution in [0.15, 0.2) is 60.8 Å². The molecule has 1 aromatic heterocycles. The molecule has 32 heavy (non-hydrogen) atoms. The molecule has 0 atom stereocenters. The number of ether oxygens (including phenoxy) is 2. The molecular weight excluding hydrogens is 402 g/mol. The molecule has 5 nitrogen and oxygen atoms in total. The van der Waals surface area contributed by atoms with Crippen LogP contribution in [0.3, 0.4) is 0 Å². The Hall–Kier alpha value is -3.34. The summed E-state index contributed by atoms with van der Waals surface area (Å²) in [6.45, 7) is 6.84. The number of hydrogen-bond acceptors (Lipinski definition) is 5. The maximum absolute atomic E-state index is 12.3. The van der Waals surface area contributed by atoms with Crippen molar-refractivity contribution in [3.05, 3.63) is 71.9 Å². The van der Waals surface area contributed by atoms with Gasteiger partial charge in [0, 0.05) is 23.7 Å². The number of rotatable bonds is 11. The van der Waals surface area contributed by atoms with Gasteiger partial charge in [-0.15, -0.1) is 0 Å². The van der Waals surface area contributed by atoms with Crippen molar-refractivity contribution in [3.63, 3.8) is 0 Å². The van der Waals surface area contributed by atoms with E-state index in [1.165, 1.54) is 0 Å². The van der Waals surface area contributed by atoms with Gasteiger partial charge in [0.15, 0.2) is 5.78 Å². The first kappa shape index (κ1) is 23.3. The zero-order valence-corrected chi connectivity index (χ0v) is 19.0. The van der Waals surface area contributed by atoms with Crippen LogP contribution in [-0.2, 0) is 0 Å². The quantitative estimate of drug-likeness (QED) is 0.287. The summed E-state index contributed by atoms with van der Waals surface area (Å²) in [5, 5.41) is 10.4. The first-order valence-corrected chi connectivity index (χ1v) is 11.1. The molecule has 2 aromatic carbocycles. The number of carbonyl (C=O) groups excluding carboxylic acids is 1. The molecule has 0 saturated carbocycles. The second-order valence-corrected chi connectivity index (χ2v) is 8.25. The number of nitrogens with zero attached hydrogens (tertiary/aromatic N) is 1. The maximum atomic E-state index is 12.3. The third kappa shape index (κ3) is 6.33. The van der Waals surface area contributed by atoms with Crippen molar-refractivity contribution in [3.8, 4) is 28.5 Å². The third-order valence-corrected chi connectivity index (χ3v) is 5.14. The average molecular weight is 434 g/mol. The Morgan fingerprint density at radius 1 is 1.00 bits per heavy atom. The van der Waals surface area contributed by atoms with E-state index in [1.807, 2.05) is 56.3 Å². The van der Waals surface area contributed by atoms with Crippen molar-refractivity contribution >= 4 is 5.78 Å². The highest BCUT2D eigenvalue weighted by Crippen LogP contribution is 2.32. The van der Waals surface area contributed by atoms with E-state index >= 15 is 0 Å². The minimum absolute atomic E-state index is 0.0178. The van der Waals surface area contributed by atoms with Gasteiger partial charge < -0.3 is 14.6 Å². The van der Waals surface area contributed by atoms with Crippen LogP contribution in [-0.4, -0.2) is 29.1 Å². The van der Waals surface area contributed by atoms with E-state index < -0.39 is 0 Å². The molecule has 5 heteroatoms. The highest BCUT2D eigenvalue weighted by atomic mass is 16.5. The fourth-order valence-electron chi connectivity index (χ4n) is 3.40. The van der Waals surface area contributed by atoms with Crippen LogP contribution in [0.2, 0.25) is 0 Å². The maximum Gasteiger partial charge on any atom is 0.166 e. The van der Waals surface area contributed by atoms with Crippen molar-refractivity contribution in [1.82, 2.24) is 4.98 Å². The predicted octanol–water partition coefficient (Wildman–Crippen LogP) is 6.23. The lowest BCUT2D eigenvalue weighted by Gasteiger charge is -2.13. The molecule has 168 valence electrons. The summed E-state index contributed by atoms with van der Waals surface area (Å²) in [5.41, 5.74) is 2.91. The molecule has 3 aromatic rings. The molecule has 0 unspecified atom stereocenters. The summed E-state index contributed by atoms with van der Waals surface area (Å²) < 4.78 is 11.7. The van der Waals surface area contributed by atoms with E-state index in [9.17, 15) is 9.90 Å². The molecule has 0 spiro atoms. The van der Waals surface area contributed by atoms with E-state index in [4.69, 9.17) is 9.47 Å². The molecule has 1 heterocycles. The second kappa shape index (κ2) is 11.3. The van der Waals surface area contributed by atoms with Crippen LogP contribution in [0.4, 0.5) is 0 Å². The molecule has 0 radical (unpaired) electrons. The Balaban J connectivity index is 1.44. The monoisotopic (exact) mass is 433 g/mol. The van der Waals surface area contributed by atoms with Gasteiger partial charge in [-0.3, -0.25) is 9.78 Å². The standard InChI is InChI=1S/C27H31NO4/c1-19(2)17-25(29)23-12-13-26(20(3)27(23)30)32-16-7-6-15-31-22-10-8-9-21(18-22)24-11-4-5-14-28-24/h4-5,8-14,18-19,30H,6-7,15-17H2,1-3H3. The first-order chi connectivity index (χ1) is 15.5. The van der Waals surface area contributed by atoms with Crippen LogP contribution in [0, 0.1) is 12.8 Å². The summed E-state index contributed by atoms with van der Waals surface area (Å²) in [7, 11) is 0. The largest absolute Gasteiger partial charge is 0.507 e. The number of hydrogen-bond donors (Lipinski definition) is 1. The van der Waals surface area contributed by atoms with Crippen LogP contribution in [0.5, 0.6) is 17.2 Å². The van der Waals surface area contributed by atoms with Crippen molar-refractivity contribution in [2.45, 2.75) is 40.0 Å². The minimum Gasteiger partial charge on any atom is -0.507 e. The number of benzene rings is 2. The van der Waals surface area contributed by atoms with Crippen LogP contribution >= 0.6 is 0 Å². The SMILES string of the molecule is Cc1c(OCCCCOc2cccc(-c3ccccn3)c2)ccc(C(=O)CC(C)C)c1O. The van der Waals surface area contributed by atoms with Gasteiger partial charge in [0.2, 0.25) is 0 Å². The van der Waals surface area contributed by atoms with E-state index in [0.717, 1.165) is 29.8 Å². The van der Waals surface area contributed by atoms with E-state index in [1.54, 1.807) is 25.3 Å². The van der Waals surface area contributed by atoms with E-state index in [2.05, 4.69) is 4.98 Å². The Labute approximate surface area is 190 Å². The second-order valence-electron chi connectivity index (χ2n) is 8.25. The van der Waals surface area contributed by atoms with Gasteiger partial charge in [-0.1, -0.05) is 32.0 Å². The summed E-state index contributed by atoms with van der Waals surface area (Å²) in [5.74, 6) is 1.64. The predicted molar refractivity (Wildman–Crippen MR) is 127 cm³/mol. The number of phenolic OH excluding ortho intramolecular Hbond substituents is 1. The fourth-order valence-corrected chi connectivity index (χ4v) is 3.40. The van der Waals surface area contributed by atoms with Crippen LogP contribution in [0.25, 0.3) is 11.3 Å². The normalized spacial score (nSPS) is 10.9. The van der Waals surface area contributed by atoms with Crippen molar-refractivity contribution in [2.24, 2.45) is 5.92 Å². The van der Waals surface area contributed by atoms with E-state index in [-0.39, 0.29) is 17.5 Å². The van der Waals surface area contributed by atoms with Crippen LogP contribution < -0.4 is 9.47 Å². The molecule has 0 fully saturated rings. The van der Waals surface area contributed by atoms with Crippen molar-refractivity contribution in [1.29, 1.82) is 0 Å². The third-order valence-electron chi connectivity index (χ3n) is 5.14. The van der Waals surface area contributed by atoms with Gasteiger partial charge in [-0.25, -0.2) is 0 Å².